The summed E-state index contributed by atoms with van der Waals surface area (Å²) in [5, 5.41) is 18.3. The summed E-state index contributed by atoms with van der Waals surface area (Å²) >= 11 is 0. The molecular formula is C21H23N5O3. The molecule has 0 aliphatic rings. The monoisotopic (exact) mass is 393 g/mol. The standard InChI is InChI=1S/C21H23N5O3/c1-14-20(26(28)29)15(2)25(23-14)13-16-9-11-17(12-10-16)21(27)22-18-7-5-6-8-19(18)24(3)4/h5-12H,13H2,1-4H3,(H,22,27). The van der Waals surface area contributed by atoms with Gasteiger partial charge in [0.05, 0.1) is 22.8 Å². The summed E-state index contributed by atoms with van der Waals surface area (Å²) in [7, 11) is 3.84. The van der Waals surface area contributed by atoms with Gasteiger partial charge in [-0.05, 0) is 43.7 Å². The van der Waals surface area contributed by atoms with Gasteiger partial charge >= 0.3 is 5.69 Å². The predicted molar refractivity (Wildman–Crippen MR) is 113 cm³/mol. The maximum absolute atomic E-state index is 12.6. The maximum Gasteiger partial charge on any atom is 0.312 e. The Labute approximate surface area is 168 Å². The first-order chi connectivity index (χ1) is 13.8. The second kappa shape index (κ2) is 8.14. The van der Waals surface area contributed by atoms with Crippen LogP contribution in [0.1, 0.15) is 27.3 Å². The minimum absolute atomic E-state index is 0.0422. The normalized spacial score (nSPS) is 10.6. The van der Waals surface area contributed by atoms with Gasteiger partial charge < -0.3 is 10.2 Å². The van der Waals surface area contributed by atoms with E-state index in [9.17, 15) is 14.9 Å². The molecule has 150 valence electrons. The number of nitrogens with one attached hydrogen (secondary N) is 1. The van der Waals surface area contributed by atoms with Gasteiger partial charge in [-0.2, -0.15) is 5.10 Å². The number of benzene rings is 2. The van der Waals surface area contributed by atoms with Gasteiger partial charge in [0.15, 0.2) is 0 Å². The average molecular weight is 393 g/mol. The van der Waals surface area contributed by atoms with Crippen molar-refractivity contribution in [2.75, 3.05) is 24.3 Å². The highest BCUT2D eigenvalue weighted by Crippen LogP contribution is 2.25. The van der Waals surface area contributed by atoms with Crippen molar-refractivity contribution in [3.8, 4) is 0 Å². The molecule has 3 rings (SSSR count). The first kappa shape index (κ1) is 20.1. The Bertz CT molecular complexity index is 1050. The Morgan fingerprint density at radius 2 is 1.79 bits per heavy atom. The number of nitro groups is 1. The van der Waals surface area contributed by atoms with Crippen LogP contribution < -0.4 is 10.2 Å². The van der Waals surface area contributed by atoms with Crippen LogP contribution in [0, 0.1) is 24.0 Å². The van der Waals surface area contributed by atoms with Crippen molar-refractivity contribution >= 4 is 23.0 Å². The average Bonchev–Trinajstić information content (AvgIpc) is 2.95. The number of carbonyl (C=O) groups excluding carboxylic acids is 1. The number of hydrogen-bond acceptors (Lipinski definition) is 5. The third-order valence-corrected chi connectivity index (χ3v) is 4.71. The SMILES string of the molecule is Cc1nn(Cc2ccc(C(=O)Nc3ccccc3N(C)C)cc2)c(C)c1[N+](=O)[O-]. The number of hydrogen-bond donors (Lipinski definition) is 1. The highest BCUT2D eigenvalue weighted by Gasteiger charge is 2.21. The maximum atomic E-state index is 12.6. The number of anilines is 2. The molecule has 1 amide bonds. The van der Waals surface area contributed by atoms with E-state index < -0.39 is 4.92 Å². The van der Waals surface area contributed by atoms with E-state index in [0.29, 0.717) is 23.5 Å². The Morgan fingerprint density at radius 1 is 1.14 bits per heavy atom. The van der Waals surface area contributed by atoms with Gasteiger partial charge in [-0.25, -0.2) is 0 Å². The van der Waals surface area contributed by atoms with E-state index in [4.69, 9.17) is 0 Å². The molecule has 8 nitrogen and oxygen atoms in total. The molecule has 0 aliphatic carbocycles. The molecule has 0 bridgehead atoms. The van der Waals surface area contributed by atoms with Crippen molar-refractivity contribution < 1.29 is 9.72 Å². The molecule has 2 aromatic carbocycles. The number of aryl methyl sites for hydroxylation is 1. The zero-order valence-corrected chi connectivity index (χ0v) is 16.8. The Balaban J connectivity index is 1.75. The Hall–Kier alpha value is -3.68. The summed E-state index contributed by atoms with van der Waals surface area (Å²) in [5.74, 6) is -0.201. The third kappa shape index (κ3) is 4.26. The van der Waals surface area contributed by atoms with Crippen LogP contribution in [0.25, 0.3) is 0 Å². The second-order valence-electron chi connectivity index (χ2n) is 7.00. The molecular weight excluding hydrogens is 370 g/mol. The number of nitrogens with zero attached hydrogens (tertiary/aromatic N) is 4. The van der Waals surface area contributed by atoms with Crippen LogP contribution in [-0.4, -0.2) is 34.7 Å². The van der Waals surface area contributed by atoms with Crippen molar-refractivity contribution in [2.24, 2.45) is 0 Å². The Kier molecular flexibility index (Phi) is 5.63. The highest BCUT2D eigenvalue weighted by molar-refractivity contribution is 6.05. The molecule has 0 radical (unpaired) electrons. The van der Waals surface area contributed by atoms with Gasteiger partial charge in [0, 0.05) is 19.7 Å². The van der Waals surface area contributed by atoms with Crippen LogP contribution in [0.2, 0.25) is 0 Å². The van der Waals surface area contributed by atoms with Gasteiger partial charge in [-0.3, -0.25) is 19.6 Å². The van der Waals surface area contributed by atoms with Crippen molar-refractivity contribution in [1.29, 1.82) is 0 Å². The molecule has 3 aromatic rings. The van der Waals surface area contributed by atoms with Crippen molar-refractivity contribution in [3.63, 3.8) is 0 Å². The third-order valence-electron chi connectivity index (χ3n) is 4.71. The van der Waals surface area contributed by atoms with Crippen LogP contribution in [0.4, 0.5) is 17.1 Å². The lowest BCUT2D eigenvalue weighted by Gasteiger charge is -2.17. The number of amides is 1. The lowest BCUT2D eigenvalue weighted by atomic mass is 10.1. The van der Waals surface area contributed by atoms with Crippen LogP contribution in [0.5, 0.6) is 0 Å². The van der Waals surface area contributed by atoms with Gasteiger partial charge in [0.1, 0.15) is 11.4 Å². The smallest absolute Gasteiger partial charge is 0.312 e. The fourth-order valence-electron chi connectivity index (χ4n) is 3.20. The molecule has 1 aromatic heterocycles. The van der Waals surface area contributed by atoms with Gasteiger partial charge in [-0.1, -0.05) is 24.3 Å². The molecule has 0 saturated carbocycles. The summed E-state index contributed by atoms with van der Waals surface area (Å²) < 4.78 is 1.61. The zero-order chi connectivity index (χ0) is 21.1. The minimum atomic E-state index is -0.410. The fraction of sp³-hybridized carbons (Fsp3) is 0.238. The van der Waals surface area contributed by atoms with E-state index in [1.54, 1.807) is 30.7 Å². The fourth-order valence-corrected chi connectivity index (χ4v) is 3.20. The first-order valence-corrected chi connectivity index (χ1v) is 9.13. The van der Waals surface area contributed by atoms with Crippen LogP contribution in [0.3, 0.4) is 0 Å². The molecule has 1 heterocycles. The summed E-state index contributed by atoms with van der Waals surface area (Å²) in [6.07, 6.45) is 0. The van der Waals surface area contributed by atoms with Gasteiger partial charge in [0.25, 0.3) is 5.91 Å². The summed E-state index contributed by atoms with van der Waals surface area (Å²) in [6, 6.07) is 14.7. The quantitative estimate of drug-likeness (QED) is 0.508. The lowest BCUT2D eigenvalue weighted by molar-refractivity contribution is -0.386. The highest BCUT2D eigenvalue weighted by atomic mass is 16.6. The number of rotatable bonds is 6. The van der Waals surface area contributed by atoms with E-state index in [2.05, 4.69) is 10.4 Å². The predicted octanol–water partition coefficient (Wildman–Crippen LogP) is 3.77. The second-order valence-corrected chi connectivity index (χ2v) is 7.00. The summed E-state index contributed by atoms with van der Waals surface area (Å²) in [6.45, 7) is 3.70. The summed E-state index contributed by atoms with van der Waals surface area (Å²) in [5.41, 5.74) is 4.03. The molecule has 0 aliphatic heterocycles. The molecule has 1 N–H and O–H groups in total. The van der Waals surface area contributed by atoms with Crippen molar-refractivity contribution in [2.45, 2.75) is 20.4 Å². The van der Waals surface area contributed by atoms with Crippen molar-refractivity contribution in [1.82, 2.24) is 9.78 Å². The number of para-hydroxylation sites is 2. The molecule has 0 unspecified atom stereocenters. The molecule has 0 spiro atoms. The lowest BCUT2D eigenvalue weighted by Crippen LogP contribution is -2.16. The number of carbonyl (C=O) groups is 1. The topological polar surface area (TPSA) is 93.3 Å². The minimum Gasteiger partial charge on any atom is -0.376 e. The van der Waals surface area contributed by atoms with Crippen LogP contribution in [0.15, 0.2) is 48.5 Å². The van der Waals surface area contributed by atoms with E-state index in [1.807, 2.05) is 55.4 Å². The van der Waals surface area contributed by atoms with E-state index in [0.717, 1.165) is 16.9 Å². The van der Waals surface area contributed by atoms with Gasteiger partial charge in [0.2, 0.25) is 0 Å². The van der Waals surface area contributed by atoms with E-state index >= 15 is 0 Å². The Morgan fingerprint density at radius 3 is 2.38 bits per heavy atom. The van der Waals surface area contributed by atoms with Crippen LogP contribution in [-0.2, 0) is 6.54 Å². The van der Waals surface area contributed by atoms with Crippen molar-refractivity contribution in [3.05, 3.63) is 81.2 Å². The molecule has 29 heavy (non-hydrogen) atoms. The molecule has 0 fully saturated rings. The molecule has 0 atom stereocenters. The molecule has 0 saturated heterocycles. The zero-order valence-electron chi connectivity index (χ0n) is 16.8. The van der Waals surface area contributed by atoms with E-state index in [-0.39, 0.29) is 11.6 Å². The summed E-state index contributed by atoms with van der Waals surface area (Å²) in [4.78, 5) is 25.3. The van der Waals surface area contributed by atoms with Crippen LogP contribution >= 0.6 is 0 Å². The largest absolute Gasteiger partial charge is 0.376 e. The number of aromatic nitrogens is 2. The van der Waals surface area contributed by atoms with Gasteiger partial charge in [-0.15, -0.1) is 0 Å². The van der Waals surface area contributed by atoms with E-state index in [1.165, 1.54) is 0 Å². The first-order valence-electron chi connectivity index (χ1n) is 9.13. The molecule has 8 heteroatoms.